The average Bonchev–Trinajstić information content (AvgIpc) is 3.07. The van der Waals surface area contributed by atoms with E-state index in [9.17, 15) is 14.7 Å². The first-order valence-corrected chi connectivity index (χ1v) is 10.8. The molecule has 32 heavy (non-hydrogen) atoms. The number of amides is 1. The molecule has 0 radical (unpaired) electrons. The van der Waals surface area contributed by atoms with Gasteiger partial charge < -0.3 is 15.2 Å². The van der Waals surface area contributed by atoms with Crippen LogP contribution in [0.25, 0.3) is 11.1 Å². The zero-order chi connectivity index (χ0) is 22.9. The van der Waals surface area contributed by atoms with E-state index < -0.39 is 17.6 Å². The van der Waals surface area contributed by atoms with E-state index >= 15 is 0 Å². The van der Waals surface area contributed by atoms with Gasteiger partial charge in [0.25, 0.3) is 0 Å². The summed E-state index contributed by atoms with van der Waals surface area (Å²) in [4.78, 5) is 24.3. The van der Waals surface area contributed by atoms with Crippen LogP contribution in [0.4, 0.5) is 4.79 Å². The maximum atomic E-state index is 12.8. The number of fused-ring (bicyclic) bond motifs is 3. The summed E-state index contributed by atoms with van der Waals surface area (Å²) in [6.45, 7) is 1.74. The van der Waals surface area contributed by atoms with Crippen LogP contribution in [0.15, 0.2) is 66.7 Å². The summed E-state index contributed by atoms with van der Waals surface area (Å²) in [5, 5.41) is 12.7. The van der Waals surface area contributed by atoms with Crippen LogP contribution in [0.2, 0.25) is 10.0 Å². The molecule has 3 aromatic rings. The largest absolute Gasteiger partial charge is 0.481 e. The standard InChI is InChI=1S/C25H21Cl2NO4/c1-25(13-23(29)30,15-10-11-21(26)22(27)12-15)28-24(31)32-14-20-18-8-4-2-6-16(18)17-7-3-5-9-19(17)20/h2-12,20H,13-14H2,1H3,(H,28,31)(H,29,30). The smallest absolute Gasteiger partial charge is 0.407 e. The molecule has 1 unspecified atom stereocenters. The zero-order valence-electron chi connectivity index (χ0n) is 17.3. The predicted octanol–water partition coefficient (Wildman–Crippen LogP) is 6.22. The summed E-state index contributed by atoms with van der Waals surface area (Å²) in [5.74, 6) is -1.17. The normalized spacial score (nSPS) is 14.2. The van der Waals surface area contributed by atoms with Gasteiger partial charge in [0, 0.05) is 5.92 Å². The van der Waals surface area contributed by atoms with E-state index in [1.165, 1.54) is 0 Å². The number of benzene rings is 3. The van der Waals surface area contributed by atoms with Crippen LogP contribution < -0.4 is 5.32 Å². The third-order valence-electron chi connectivity index (χ3n) is 5.78. The lowest BCUT2D eigenvalue weighted by Crippen LogP contribution is -2.45. The number of hydrogen-bond donors (Lipinski definition) is 2. The molecule has 7 heteroatoms. The van der Waals surface area contributed by atoms with E-state index in [-0.39, 0.29) is 24.0 Å². The van der Waals surface area contributed by atoms with E-state index in [1.807, 2.05) is 36.4 Å². The summed E-state index contributed by atoms with van der Waals surface area (Å²) in [7, 11) is 0. The van der Waals surface area contributed by atoms with Gasteiger partial charge in [-0.15, -0.1) is 0 Å². The molecule has 0 bridgehead atoms. The molecular formula is C25H21Cl2NO4. The van der Waals surface area contributed by atoms with Gasteiger partial charge in [0.15, 0.2) is 0 Å². The van der Waals surface area contributed by atoms with E-state index in [1.54, 1.807) is 25.1 Å². The van der Waals surface area contributed by atoms with Gasteiger partial charge in [0.1, 0.15) is 6.61 Å². The van der Waals surface area contributed by atoms with Crippen molar-refractivity contribution in [1.82, 2.24) is 5.32 Å². The Labute approximate surface area is 195 Å². The molecule has 2 N–H and O–H groups in total. The number of rotatable bonds is 6. The van der Waals surface area contributed by atoms with Crippen LogP contribution in [0.3, 0.4) is 0 Å². The second-order valence-corrected chi connectivity index (χ2v) is 8.80. The van der Waals surface area contributed by atoms with Crippen LogP contribution in [0.1, 0.15) is 36.0 Å². The number of carboxylic acids is 1. The molecule has 1 aliphatic carbocycles. The van der Waals surface area contributed by atoms with Gasteiger partial charge in [-0.1, -0.05) is 77.8 Å². The van der Waals surface area contributed by atoms with Gasteiger partial charge in [0.05, 0.1) is 22.0 Å². The molecule has 0 fully saturated rings. The van der Waals surface area contributed by atoms with E-state index in [0.717, 1.165) is 22.3 Å². The number of carbonyl (C=O) groups excluding carboxylic acids is 1. The SMILES string of the molecule is CC(CC(=O)O)(NC(=O)OCC1c2ccccc2-c2ccccc21)c1ccc(Cl)c(Cl)c1. The van der Waals surface area contributed by atoms with Crippen molar-refractivity contribution in [2.24, 2.45) is 0 Å². The molecule has 0 aromatic heterocycles. The highest BCUT2D eigenvalue weighted by atomic mass is 35.5. The van der Waals surface area contributed by atoms with Crippen LogP contribution in [-0.2, 0) is 15.1 Å². The number of nitrogens with one attached hydrogen (secondary N) is 1. The van der Waals surface area contributed by atoms with Crippen molar-refractivity contribution < 1.29 is 19.4 Å². The molecule has 0 aliphatic heterocycles. The second-order valence-electron chi connectivity index (χ2n) is 7.98. The van der Waals surface area contributed by atoms with Crippen LogP contribution in [-0.4, -0.2) is 23.8 Å². The first-order chi connectivity index (χ1) is 15.3. The quantitative estimate of drug-likeness (QED) is 0.449. The molecule has 1 amide bonds. The topological polar surface area (TPSA) is 75.6 Å². The molecule has 3 aromatic carbocycles. The molecule has 1 atom stereocenters. The zero-order valence-corrected chi connectivity index (χ0v) is 18.8. The number of carboxylic acid groups (broad SMARTS) is 1. The monoisotopic (exact) mass is 469 g/mol. The minimum absolute atomic E-state index is 0.0937. The Morgan fingerprint density at radius 3 is 2.12 bits per heavy atom. The van der Waals surface area contributed by atoms with Gasteiger partial charge >= 0.3 is 12.1 Å². The van der Waals surface area contributed by atoms with Crippen molar-refractivity contribution in [3.63, 3.8) is 0 Å². The highest BCUT2D eigenvalue weighted by Gasteiger charge is 2.34. The molecule has 5 nitrogen and oxygen atoms in total. The molecule has 0 saturated heterocycles. The van der Waals surface area contributed by atoms with Crippen LogP contribution in [0, 0.1) is 0 Å². The number of alkyl carbamates (subject to hydrolysis) is 1. The van der Waals surface area contributed by atoms with Gasteiger partial charge in [-0.3, -0.25) is 4.79 Å². The fourth-order valence-corrected chi connectivity index (χ4v) is 4.52. The number of hydrogen-bond acceptors (Lipinski definition) is 3. The van der Waals surface area contributed by atoms with Gasteiger partial charge in [-0.05, 0) is 46.9 Å². The van der Waals surface area contributed by atoms with Crippen molar-refractivity contribution in [3.05, 3.63) is 93.5 Å². The van der Waals surface area contributed by atoms with E-state index in [4.69, 9.17) is 27.9 Å². The lowest BCUT2D eigenvalue weighted by atomic mass is 9.88. The van der Waals surface area contributed by atoms with E-state index in [0.29, 0.717) is 10.6 Å². The maximum Gasteiger partial charge on any atom is 0.407 e. The number of ether oxygens (including phenoxy) is 1. The molecule has 164 valence electrons. The number of aliphatic carboxylic acids is 1. The Kier molecular flexibility index (Phi) is 6.13. The molecule has 4 rings (SSSR count). The van der Waals surface area contributed by atoms with Crippen LogP contribution in [0.5, 0.6) is 0 Å². The Hall–Kier alpha value is -3.02. The fourth-order valence-electron chi connectivity index (χ4n) is 4.22. The fraction of sp³-hybridized carbons (Fsp3) is 0.200. The Morgan fingerprint density at radius 2 is 1.56 bits per heavy atom. The molecule has 0 saturated carbocycles. The first-order valence-electron chi connectivity index (χ1n) is 10.1. The van der Waals surface area contributed by atoms with Crippen molar-refractivity contribution in [1.29, 1.82) is 0 Å². The lowest BCUT2D eigenvalue weighted by molar-refractivity contribution is -0.138. The minimum Gasteiger partial charge on any atom is -0.481 e. The number of halogens is 2. The molecule has 1 aliphatic rings. The highest BCUT2D eigenvalue weighted by Crippen LogP contribution is 2.44. The Bertz CT molecular complexity index is 1150. The van der Waals surface area contributed by atoms with Crippen molar-refractivity contribution >= 4 is 35.3 Å². The third kappa shape index (κ3) is 4.31. The molecule has 0 heterocycles. The Morgan fingerprint density at radius 1 is 0.969 bits per heavy atom. The van der Waals surface area contributed by atoms with E-state index in [2.05, 4.69) is 17.4 Å². The van der Waals surface area contributed by atoms with Crippen molar-refractivity contribution in [2.75, 3.05) is 6.61 Å². The van der Waals surface area contributed by atoms with Crippen molar-refractivity contribution in [3.8, 4) is 11.1 Å². The summed E-state index contributed by atoms with van der Waals surface area (Å²) in [6, 6.07) is 20.8. The number of carbonyl (C=O) groups is 2. The molecule has 0 spiro atoms. The summed E-state index contributed by atoms with van der Waals surface area (Å²) < 4.78 is 5.59. The second kappa shape index (κ2) is 8.85. The first kappa shape index (κ1) is 22.2. The summed E-state index contributed by atoms with van der Waals surface area (Å²) in [5.41, 5.74) is 3.73. The van der Waals surface area contributed by atoms with Crippen LogP contribution >= 0.6 is 23.2 Å². The van der Waals surface area contributed by atoms with Gasteiger partial charge in [0.2, 0.25) is 0 Å². The minimum atomic E-state index is -1.23. The molecular weight excluding hydrogens is 449 g/mol. The average molecular weight is 470 g/mol. The maximum absolute atomic E-state index is 12.8. The summed E-state index contributed by atoms with van der Waals surface area (Å²) in [6.07, 6.45) is -1.06. The predicted molar refractivity (Wildman–Crippen MR) is 124 cm³/mol. The third-order valence-corrected chi connectivity index (χ3v) is 6.52. The van der Waals surface area contributed by atoms with Gasteiger partial charge in [-0.2, -0.15) is 0 Å². The highest BCUT2D eigenvalue weighted by molar-refractivity contribution is 6.42. The van der Waals surface area contributed by atoms with Crippen molar-refractivity contribution in [2.45, 2.75) is 24.8 Å². The summed E-state index contributed by atoms with van der Waals surface area (Å²) >= 11 is 12.1. The van der Waals surface area contributed by atoms with Gasteiger partial charge in [-0.25, -0.2) is 4.79 Å². The lowest BCUT2D eigenvalue weighted by Gasteiger charge is -2.30. The Balaban J connectivity index is 1.53.